The van der Waals surface area contributed by atoms with Crippen molar-refractivity contribution in [2.75, 3.05) is 26.4 Å². The van der Waals surface area contributed by atoms with Crippen molar-refractivity contribution in [1.29, 1.82) is 0 Å². The monoisotopic (exact) mass is 356 g/mol. The van der Waals surface area contributed by atoms with E-state index in [9.17, 15) is 0 Å². The van der Waals surface area contributed by atoms with E-state index in [4.69, 9.17) is 18.9 Å². The number of rotatable bonds is 7. The van der Waals surface area contributed by atoms with Gasteiger partial charge in [0, 0.05) is 0 Å². The van der Waals surface area contributed by atoms with Crippen molar-refractivity contribution in [2.24, 2.45) is 17.8 Å². The molecule has 4 aliphatic carbocycles. The van der Waals surface area contributed by atoms with Gasteiger partial charge in [-0.1, -0.05) is 6.07 Å². The van der Waals surface area contributed by atoms with Crippen LogP contribution in [0.15, 0.2) is 18.2 Å². The number of epoxide rings is 2. The second kappa shape index (κ2) is 5.87. The van der Waals surface area contributed by atoms with Gasteiger partial charge in [0.05, 0.1) is 13.2 Å². The molecule has 0 radical (unpaired) electrons. The van der Waals surface area contributed by atoms with E-state index >= 15 is 0 Å². The van der Waals surface area contributed by atoms with Crippen molar-refractivity contribution < 1.29 is 18.9 Å². The molecule has 4 nitrogen and oxygen atoms in total. The van der Waals surface area contributed by atoms with Gasteiger partial charge in [-0.15, -0.1) is 0 Å². The molecule has 4 bridgehead atoms. The van der Waals surface area contributed by atoms with Crippen LogP contribution in [0.2, 0.25) is 0 Å². The highest BCUT2D eigenvalue weighted by Crippen LogP contribution is 2.61. The lowest BCUT2D eigenvalue weighted by Crippen LogP contribution is -2.48. The highest BCUT2D eigenvalue weighted by atomic mass is 16.6. The summed E-state index contributed by atoms with van der Waals surface area (Å²) in [7, 11) is 0. The Kier molecular flexibility index (Phi) is 3.56. The minimum Gasteiger partial charge on any atom is -0.487 e. The molecule has 6 aliphatic rings. The van der Waals surface area contributed by atoms with Crippen LogP contribution in [-0.2, 0) is 14.9 Å². The van der Waals surface area contributed by atoms with E-state index in [1.807, 2.05) is 0 Å². The van der Waals surface area contributed by atoms with E-state index in [1.54, 1.807) is 0 Å². The first-order valence-corrected chi connectivity index (χ1v) is 10.4. The van der Waals surface area contributed by atoms with Crippen molar-refractivity contribution >= 4 is 0 Å². The molecule has 0 aromatic heterocycles. The second-order valence-electron chi connectivity index (χ2n) is 9.39. The fourth-order valence-electron chi connectivity index (χ4n) is 6.23. The van der Waals surface area contributed by atoms with Gasteiger partial charge in [0.1, 0.15) is 25.4 Å². The molecule has 140 valence electrons. The summed E-state index contributed by atoms with van der Waals surface area (Å²) in [6.07, 6.45) is 9.08. The lowest BCUT2D eigenvalue weighted by molar-refractivity contribution is -0.00532. The maximum atomic E-state index is 6.13. The van der Waals surface area contributed by atoms with Crippen molar-refractivity contribution in [3.63, 3.8) is 0 Å². The second-order valence-corrected chi connectivity index (χ2v) is 9.39. The third kappa shape index (κ3) is 2.91. The molecule has 0 amide bonds. The largest absolute Gasteiger partial charge is 0.487 e. The minimum atomic E-state index is 0.262. The van der Waals surface area contributed by atoms with E-state index < -0.39 is 0 Å². The van der Waals surface area contributed by atoms with Crippen LogP contribution in [0.3, 0.4) is 0 Å². The molecule has 4 saturated carbocycles. The van der Waals surface area contributed by atoms with Crippen molar-refractivity contribution in [3.05, 3.63) is 23.8 Å². The molecule has 2 heterocycles. The molecule has 26 heavy (non-hydrogen) atoms. The Labute approximate surface area is 155 Å². The quantitative estimate of drug-likeness (QED) is 0.699. The first-order chi connectivity index (χ1) is 12.8. The Morgan fingerprint density at radius 1 is 0.808 bits per heavy atom. The summed E-state index contributed by atoms with van der Waals surface area (Å²) >= 11 is 0. The van der Waals surface area contributed by atoms with E-state index in [2.05, 4.69) is 18.2 Å². The van der Waals surface area contributed by atoms with Crippen molar-refractivity contribution in [2.45, 2.75) is 56.1 Å². The first-order valence-electron chi connectivity index (χ1n) is 10.4. The predicted molar refractivity (Wildman–Crippen MR) is 96.8 cm³/mol. The molecule has 2 saturated heterocycles. The van der Waals surface area contributed by atoms with Gasteiger partial charge in [0.2, 0.25) is 0 Å². The molecule has 4 heteroatoms. The number of ether oxygens (including phenoxy) is 4. The maximum Gasteiger partial charge on any atom is 0.161 e. The van der Waals surface area contributed by atoms with Crippen LogP contribution in [0.4, 0.5) is 0 Å². The van der Waals surface area contributed by atoms with Gasteiger partial charge in [-0.25, -0.2) is 0 Å². The van der Waals surface area contributed by atoms with Crippen molar-refractivity contribution in [3.8, 4) is 11.5 Å². The summed E-state index contributed by atoms with van der Waals surface area (Å²) in [4.78, 5) is 0. The van der Waals surface area contributed by atoms with Crippen LogP contribution >= 0.6 is 0 Å². The molecule has 2 aliphatic heterocycles. The molecule has 2 unspecified atom stereocenters. The molecule has 2 atom stereocenters. The van der Waals surface area contributed by atoms with Crippen LogP contribution in [0.5, 0.6) is 11.5 Å². The third-order valence-corrected chi connectivity index (χ3v) is 7.25. The lowest BCUT2D eigenvalue weighted by Gasteiger charge is -2.57. The van der Waals surface area contributed by atoms with Crippen LogP contribution < -0.4 is 9.47 Å². The zero-order valence-electron chi connectivity index (χ0n) is 15.3. The zero-order chi connectivity index (χ0) is 17.1. The molecule has 1 aromatic rings. The van der Waals surface area contributed by atoms with Gasteiger partial charge in [0.15, 0.2) is 11.5 Å². The van der Waals surface area contributed by atoms with E-state index in [0.29, 0.717) is 18.6 Å². The van der Waals surface area contributed by atoms with Crippen LogP contribution in [0.25, 0.3) is 0 Å². The third-order valence-electron chi connectivity index (χ3n) is 7.25. The Morgan fingerprint density at radius 2 is 1.35 bits per heavy atom. The first kappa shape index (κ1) is 15.8. The molecule has 6 fully saturated rings. The highest BCUT2D eigenvalue weighted by molar-refractivity contribution is 5.46. The van der Waals surface area contributed by atoms with Crippen LogP contribution in [0, 0.1) is 17.8 Å². The van der Waals surface area contributed by atoms with E-state index in [1.165, 1.54) is 44.1 Å². The molecule has 7 rings (SSSR count). The summed E-state index contributed by atoms with van der Waals surface area (Å²) in [6, 6.07) is 6.74. The van der Waals surface area contributed by atoms with Gasteiger partial charge in [0.25, 0.3) is 0 Å². The minimum absolute atomic E-state index is 0.262. The Balaban J connectivity index is 1.28. The number of hydrogen-bond acceptors (Lipinski definition) is 4. The Morgan fingerprint density at radius 3 is 1.88 bits per heavy atom. The van der Waals surface area contributed by atoms with E-state index in [0.717, 1.165) is 42.5 Å². The molecule has 1 aromatic carbocycles. The Hall–Kier alpha value is -1.26. The fourth-order valence-corrected chi connectivity index (χ4v) is 6.23. The van der Waals surface area contributed by atoms with Gasteiger partial charge >= 0.3 is 0 Å². The normalized spacial score (nSPS) is 41.9. The molecule has 0 N–H and O–H groups in total. The summed E-state index contributed by atoms with van der Waals surface area (Å²) in [5.74, 6) is 4.61. The van der Waals surface area contributed by atoms with Gasteiger partial charge < -0.3 is 18.9 Å². The van der Waals surface area contributed by atoms with Gasteiger partial charge in [-0.2, -0.15) is 0 Å². The lowest BCUT2D eigenvalue weighted by atomic mass is 9.48. The number of hydrogen-bond donors (Lipinski definition) is 0. The summed E-state index contributed by atoms with van der Waals surface area (Å²) < 4.78 is 22.7. The summed E-state index contributed by atoms with van der Waals surface area (Å²) in [5, 5.41) is 0. The van der Waals surface area contributed by atoms with Crippen LogP contribution in [0.1, 0.15) is 44.1 Å². The molecular formula is C22H28O4. The van der Waals surface area contributed by atoms with Crippen molar-refractivity contribution in [1.82, 2.24) is 0 Å². The smallest absolute Gasteiger partial charge is 0.161 e. The average molecular weight is 356 g/mol. The number of benzene rings is 1. The maximum absolute atomic E-state index is 6.13. The molecular weight excluding hydrogens is 328 g/mol. The summed E-state index contributed by atoms with van der Waals surface area (Å²) in [6.45, 7) is 2.88. The topological polar surface area (TPSA) is 43.5 Å². The molecule has 0 spiro atoms. The van der Waals surface area contributed by atoms with Gasteiger partial charge in [-0.3, -0.25) is 0 Å². The van der Waals surface area contributed by atoms with Crippen LogP contribution in [-0.4, -0.2) is 38.6 Å². The fraction of sp³-hybridized carbons (Fsp3) is 0.727. The highest BCUT2D eigenvalue weighted by Gasteiger charge is 2.51. The summed E-state index contributed by atoms with van der Waals surface area (Å²) in [5.41, 5.74) is 1.87. The van der Waals surface area contributed by atoms with Gasteiger partial charge in [-0.05, 0) is 79.4 Å². The Bertz CT molecular complexity index is 656. The standard InChI is InChI=1S/C22H28O4/c1-2-20(25-12-18-10-23-18)21(26-13-19-11-24-19)6-17(1)22-7-14-3-15(8-22)5-16(4-14)9-22/h1-2,6,14-16,18-19H,3-5,7-13H2. The van der Waals surface area contributed by atoms with E-state index in [-0.39, 0.29) is 12.2 Å². The SMILES string of the molecule is c1cc(OCC2CO2)c(OCC2CO2)cc1C12CC3CC(CC(C3)C1)C2. The predicted octanol–water partition coefficient (Wildman–Crippen LogP) is 3.71. The average Bonchev–Trinajstić information content (AvgIpc) is 3.52. The zero-order valence-corrected chi connectivity index (χ0v) is 15.3.